The van der Waals surface area contributed by atoms with Gasteiger partial charge >= 0.3 is 0 Å². The van der Waals surface area contributed by atoms with Crippen molar-refractivity contribution in [2.45, 2.75) is 52.4 Å². The monoisotopic (exact) mass is 183 g/mol. The van der Waals surface area contributed by atoms with Gasteiger partial charge in [0.05, 0.1) is 0 Å². The summed E-state index contributed by atoms with van der Waals surface area (Å²) in [6.07, 6.45) is 8.50. The van der Waals surface area contributed by atoms with Crippen LogP contribution in [0.5, 0.6) is 0 Å². The Kier molecular flexibility index (Phi) is 5.45. The molecule has 0 aromatic rings. The van der Waals surface area contributed by atoms with Crippen LogP contribution in [0.25, 0.3) is 0 Å². The molecule has 0 radical (unpaired) electrons. The first-order valence-electron chi connectivity index (χ1n) is 6.07. The van der Waals surface area contributed by atoms with Gasteiger partial charge < -0.3 is 5.32 Å². The van der Waals surface area contributed by atoms with Crippen molar-refractivity contribution >= 4 is 0 Å². The average Bonchev–Trinajstić information content (AvgIpc) is 2.42. The second kappa shape index (κ2) is 6.42. The standard InChI is InChI=1S/C12H25N/c1-3-11(4-2)10-12-6-5-8-13-9-7-12/h11-13H,3-10H2,1-2H3. The third kappa shape index (κ3) is 4.12. The van der Waals surface area contributed by atoms with Crippen LogP contribution in [0.1, 0.15) is 52.4 Å². The van der Waals surface area contributed by atoms with Crippen molar-refractivity contribution in [3.63, 3.8) is 0 Å². The molecular weight excluding hydrogens is 158 g/mol. The molecule has 0 aromatic heterocycles. The lowest BCUT2D eigenvalue weighted by Crippen LogP contribution is -2.14. The largest absolute Gasteiger partial charge is 0.317 e. The smallest absolute Gasteiger partial charge is 0.00463 e. The molecule has 1 heterocycles. The molecule has 1 atom stereocenters. The third-order valence-electron chi connectivity index (χ3n) is 3.52. The fourth-order valence-electron chi connectivity index (χ4n) is 2.42. The van der Waals surface area contributed by atoms with E-state index in [1.165, 1.54) is 51.6 Å². The molecule has 1 heteroatoms. The molecule has 0 saturated carbocycles. The molecule has 78 valence electrons. The fourth-order valence-corrected chi connectivity index (χ4v) is 2.42. The Hall–Kier alpha value is -0.0400. The summed E-state index contributed by atoms with van der Waals surface area (Å²) in [5.41, 5.74) is 0. The van der Waals surface area contributed by atoms with E-state index in [2.05, 4.69) is 19.2 Å². The molecule has 13 heavy (non-hydrogen) atoms. The Labute approximate surface area is 83.3 Å². The summed E-state index contributed by atoms with van der Waals surface area (Å²) < 4.78 is 0. The van der Waals surface area contributed by atoms with Gasteiger partial charge in [0, 0.05) is 0 Å². The van der Waals surface area contributed by atoms with Crippen molar-refractivity contribution in [1.82, 2.24) is 5.32 Å². The predicted octanol–water partition coefficient (Wildman–Crippen LogP) is 3.20. The lowest BCUT2D eigenvalue weighted by atomic mass is 9.86. The van der Waals surface area contributed by atoms with Gasteiger partial charge in [-0.2, -0.15) is 0 Å². The van der Waals surface area contributed by atoms with Gasteiger partial charge in [0.25, 0.3) is 0 Å². The highest BCUT2D eigenvalue weighted by Gasteiger charge is 2.15. The molecule has 1 aliphatic heterocycles. The van der Waals surface area contributed by atoms with Crippen molar-refractivity contribution in [1.29, 1.82) is 0 Å². The Morgan fingerprint density at radius 1 is 1.15 bits per heavy atom. The van der Waals surface area contributed by atoms with E-state index < -0.39 is 0 Å². The predicted molar refractivity (Wildman–Crippen MR) is 58.9 cm³/mol. The molecule has 0 aromatic carbocycles. The number of hydrogen-bond donors (Lipinski definition) is 1. The first kappa shape index (κ1) is 11.0. The molecule has 1 nitrogen and oxygen atoms in total. The topological polar surface area (TPSA) is 12.0 Å². The van der Waals surface area contributed by atoms with Crippen molar-refractivity contribution in [2.24, 2.45) is 11.8 Å². The van der Waals surface area contributed by atoms with E-state index in [1.807, 2.05) is 0 Å². The van der Waals surface area contributed by atoms with E-state index in [-0.39, 0.29) is 0 Å². The second-order valence-corrected chi connectivity index (χ2v) is 4.47. The van der Waals surface area contributed by atoms with Gasteiger partial charge in [-0.05, 0) is 50.6 Å². The van der Waals surface area contributed by atoms with Gasteiger partial charge in [-0.15, -0.1) is 0 Å². The number of nitrogens with one attached hydrogen (secondary N) is 1. The third-order valence-corrected chi connectivity index (χ3v) is 3.52. The Morgan fingerprint density at radius 2 is 1.92 bits per heavy atom. The van der Waals surface area contributed by atoms with E-state index in [0.29, 0.717) is 0 Å². The van der Waals surface area contributed by atoms with Crippen molar-refractivity contribution in [3.05, 3.63) is 0 Å². The second-order valence-electron chi connectivity index (χ2n) is 4.47. The molecule has 0 bridgehead atoms. The molecule has 1 unspecified atom stereocenters. The normalized spacial score (nSPS) is 24.7. The SMILES string of the molecule is CCC(CC)CC1CCCNCC1. The Morgan fingerprint density at radius 3 is 2.62 bits per heavy atom. The van der Waals surface area contributed by atoms with Crippen LogP contribution in [0.2, 0.25) is 0 Å². The maximum atomic E-state index is 3.49. The molecule has 1 N–H and O–H groups in total. The van der Waals surface area contributed by atoms with Crippen LogP contribution in [0.4, 0.5) is 0 Å². The summed E-state index contributed by atoms with van der Waals surface area (Å²) >= 11 is 0. The zero-order chi connectivity index (χ0) is 9.52. The lowest BCUT2D eigenvalue weighted by molar-refractivity contribution is 0.330. The molecule has 1 aliphatic rings. The van der Waals surface area contributed by atoms with Crippen molar-refractivity contribution < 1.29 is 0 Å². The maximum Gasteiger partial charge on any atom is -0.00463 e. The summed E-state index contributed by atoms with van der Waals surface area (Å²) in [4.78, 5) is 0. The van der Waals surface area contributed by atoms with Gasteiger partial charge in [-0.25, -0.2) is 0 Å². The van der Waals surface area contributed by atoms with Crippen LogP contribution in [0.15, 0.2) is 0 Å². The van der Waals surface area contributed by atoms with Crippen LogP contribution < -0.4 is 5.32 Å². The fraction of sp³-hybridized carbons (Fsp3) is 1.00. The zero-order valence-electron chi connectivity index (χ0n) is 9.31. The van der Waals surface area contributed by atoms with Gasteiger partial charge in [-0.3, -0.25) is 0 Å². The number of rotatable bonds is 4. The van der Waals surface area contributed by atoms with E-state index in [0.717, 1.165) is 11.8 Å². The van der Waals surface area contributed by atoms with E-state index >= 15 is 0 Å². The average molecular weight is 183 g/mol. The van der Waals surface area contributed by atoms with Gasteiger partial charge in [0.2, 0.25) is 0 Å². The molecule has 0 amide bonds. The van der Waals surface area contributed by atoms with Gasteiger partial charge in [-0.1, -0.05) is 26.7 Å². The van der Waals surface area contributed by atoms with Gasteiger partial charge in [0.15, 0.2) is 0 Å². The van der Waals surface area contributed by atoms with E-state index in [4.69, 9.17) is 0 Å². The highest BCUT2D eigenvalue weighted by molar-refractivity contribution is 4.69. The quantitative estimate of drug-likeness (QED) is 0.705. The first-order chi connectivity index (χ1) is 6.36. The summed E-state index contributed by atoms with van der Waals surface area (Å²) in [5.74, 6) is 2.00. The minimum absolute atomic E-state index is 0.989. The molecule has 0 spiro atoms. The molecule has 1 fully saturated rings. The van der Waals surface area contributed by atoms with Crippen LogP contribution >= 0.6 is 0 Å². The summed E-state index contributed by atoms with van der Waals surface area (Å²) in [5, 5.41) is 3.49. The lowest BCUT2D eigenvalue weighted by Gasteiger charge is -2.19. The molecule has 1 saturated heterocycles. The van der Waals surface area contributed by atoms with Crippen LogP contribution in [-0.4, -0.2) is 13.1 Å². The van der Waals surface area contributed by atoms with Crippen molar-refractivity contribution in [2.75, 3.05) is 13.1 Å². The highest BCUT2D eigenvalue weighted by atomic mass is 14.8. The van der Waals surface area contributed by atoms with Gasteiger partial charge in [0.1, 0.15) is 0 Å². The van der Waals surface area contributed by atoms with Crippen LogP contribution in [0, 0.1) is 11.8 Å². The minimum atomic E-state index is 0.989. The van der Waals surface area contributed by atoms with Crippen LogP contribution in [0.3, 0.4) is 0 Å². The summed E-state index contributed by atoms with van der Waals surface area (Å²) in [7, 11) is 0. The molecular formula is C12H25N. The summed E-state index contributed by atoms with van der Waals surface area (Å²) in [6.45, 7) is 7.18. The molecule has 1 rings (SSSR count). The maximum absolute atomic E-state index is 3.49. The highest BCUT2D eigenvalue weighted by Crippen LogP contribution is 2.25. The Bertz CT molecular complexity index is 110. The zero-order valence-corrected chi connectivity index (χ0v) is 9.31. The molecule has 0 aliphatic carbocycles. The minimum Gasteiger partial charge on any atom is -0.317 e. The summed E-state index contributed by atoms with van der Waals surface area (Å²) in [6, 6.07) is 0. The van der Waals surface area contributed by atoms with Crippen LogP contribution in [-0.2, 0) is 0 Å². The van der Waals surface area contributed by atoms with Crippen molar-refractivity contribution in [3.8, 4) is 0 Å². The first-order valence-corrected chi connectivity index (χ1v) is 6.07. The van der Waals surface area contributed by atoms with E-state index in [9.17, 15) is 0 Å². The number of hydrogen-bond acceptors (Lipinski definition) is 1. The Balaban J connectivity index is 2.24. The van der Waals surface area contributed by atoms with E-state index in [1.54, 1.807) is 0 Å².